The fraction of sp³-hybridized carbons (Fsp3) is 0.289. The molecule has 0 bridgehead atoms. The summed E-state index contributed by atoms with van der Waals surface area (Å²) < 4.78 is 11.5. The Bertz CT molecular complexity index is 1550. The lowest BCUT2D eigenvalue weighted by Gasteiger charge is -2.23. The van der Waals surface area contributed by atoms with Gasteiger partial charge in [-0.05, 0) is 86.7 Å². The monoisotopic (exact) mass is 622 g/mol. The van der Waals surface area contributed by atoms with Gasteiger partial charge in [0, 0.05) is 18.7 Å². The Balaban J connectivity index is 1.28. The summed E-state index contributed by atoms with van der Waals surface area (Å²) in [5, 5.41) is 12.9. The fourth-order valence-electron chi connectivity index (χ4n) is 4.91. The van der Waals surface area contributed by atoms with Crippen molar-refractivity contribution in [1.82, 2.24) is 0 Å². The average Bonchev–Trinajstić information content (AvgIpc) is 3.07. The smallest absolute Gasteiger partial charge is 0.343 e. The summed E-state index contributed by atoms with van der Waals surface area (Å²) in [6.07, 6.45) is 3.88. The van der Waals surface area contributed by atoms with Crippen molar-refractivity contribution in [2.75, 3.05) is 23.4 Å². The van der Waals surface area contributed by atoms with Crippen LogP contribution in [0.25, 0.3) is 0 Å². The van der Waals surface area contributed by atoms with Gasteiger partial charge in [0.05, 0.1) is 17.9 Å². The normalized spacial score (nSPS) is 11.3. The number of hydrogen-bond donors (Lipinski definition) is 2. The Morgan fingerprint density at radius 3 is 2.24 bits per heavy atom. The van der Waals surface area contributed by atoms with Crippen LogP contribution in [-0.4, -0.2) is 42.1 Å². The number of nitrogens with zero attached hydrogens (tertiary/aromatic N) is 1. The molecule has 0 fully saturated rings. The van der Waals surface area contributed by atoms with E-state index in [1.807, 2.05) is 66.4 Å². The molecule has 0 saturated heterocycles. The molecule has 0 aliphatic carbocycles. The zero-order valence-electron chi connectivity index (χ0n) is 26.5. The third-order valence-corrected chi connectivity index (χ3v) is 7.56. The minimum Gasteiger partial charge on any atom is -0.494 e. The molecule has 46 heavy (non-hydrogen) atoms. The van der Waals surface area contributed by atoms with Gasteiger partial charge < -0.3 is 24.8 Å². The second-order valence-electron chi connectivity index (χ2n) is 11.2. The summed E-state index contributed by atoms with van der Waals surface area (Å²) in [6, 6.07) is 30.2. The van der Waals surface area contributed by atoms with Crippen LogP contribution >= 0.6 is 0 Å². The van der Waals surface area contributed by atoms with Crippen molar-refractivity contribution < 1.29 is 29.0 Å². The fourth-order valence-corrected chi connectivity index (χ4v) is 4.91. The van der Waals surface area contributed by atoms with Crippen molar-refractivity contribution in [3.05, 3.63) is 120 Å². The maximum atomic E-state index is 12.9. The van der Waals surface area contributed by atoms with Crippen LogP contribution in [0.5, 0.6) is 11.5 Å². The molecule has 8 nitrogen and oxygen atoms in total. The van der Waals surface area contributed by atoms with Crippen LogP contribution in [-0.2, 0) is 16.0 Å². The highest BCUT2D eigenvalue weighted by atomic mass is 16.5. The molecule has 4 rings (SSSR count). The van der Waals surface area contributed by atoms with Crippen LogP contribution in [0, 0.1) is 6.92 Å². The molecule has 240 valence electrons. The number of carbonyl (C=O) groups excluding carboxylic acids is 2. The van der Waals surface area contributed by atoms with Gasteiger partial charge in [0.1, 0.15) is 11.8 Å². The van der Waals surface area contributed by atoms with Crippen molar-refractivity contribution >= 4 is 29.2 Å². The molecule has 0 heterocycles. The largest absolute Gasteiger partial charge is 0.494 e. The van der Waals surface area contributed by atoms with Gasteiger partial charge in [-0.25, -0.2) is 9.59 Å². The number of carbonyl (C=O) groups is 3. The number of aliphatic carboxylic acids is 1. The van der Waals surface area contributed by atoms with Gasteiger partial charge in [0.25, 0.3) is 0 Å². The van der Waals surface area contributed by atoms with Crippen LogP contribution < -0.4 is 19.7 Å². The SMILES string of the molecule is CCCCC(=O)N(CCCOc1ccc(CCC(Nc2ccccc2OC(=O)c2ccccc2)C(=O)O)cc1)c1ccc(C)cc1. The molecule has 1 unspecified atom stereocenters. The summed E-state index contributed by atoms with van der Waals surface area (Å²) in [5.74, 6) is -0.424. The quantitative estimate of drug-likeness (QED) is 0.0706. The van der Waals surface area contributed by atoms with Crippen LogP contribution in [0.4, 0.5) is 11.4 Å². The van der Waals surface area contributed by atoms with Gasteiger partial charge in [0.15, 0.2) is 5.75 Å². The molecule has 0 spiro atoms. The number of rotatable bonds is 17. The lowest BCUT2D eigenvalue weighted by molar-refractivity contribution is -0.138. The molecule has 0 aromatic heterocycles. The Kier molecular flexibility index (Phi) is 12.8. The third kappa shape index (κ3) is 10.2. The first-order valence-corrected chi connectivity index (χ1v) is 15.8. The third-order valence-electron chi connectivity index (χ3n) is 7.56. The zero-order valence-corrected chi connectivity index (χ0v) is 26.5. The Hall–Kier alpha value is -5.11. The Morgan fingerprint density at radius 1 is 0.848 bits per heavy atom. The molecule has 8 heteroatoms. The highest BCUT2D eigenvalue weighted by molar-refractivity contribution is 5.93. The van der Waals surface area contributed by atoms with Crippen molar-refractivity contribution in [2.45, 2.75) is 58.4 Å². The summed E-state index contributed by atoms with van der Waals surface area (Å²) >= 11 is 0. The minimum atomic E-state index is -1.00. The van der Waals surface area contributed by atoms with Gasteiger partial charge in [0.2, 0.25) is 5.91 Å². The lowest BCUT2D eigenvalue weighted by Crippen LogP contribution is -2.32. The van der Waals surface area contributed by atoms with E-state index in [9.17, 15) is 19.5 Å². The molecule has 2 N–H and O–H groups in total. The number of benzene rings is 4. The van der Waals surface area contributed by atoms with Crippen LogP contribution in [0.2, 0.25) is 0 Å². The lowest BCUT2D eigenvalue weighted by atomic mass is 10.0. The van der Waals surface area contributed by atoms with E-state index in [1.54, 1.807) is 48.5 Å². The van der Waals surface area contributed by atoms with E-state index in [-0.39, 0.29) is 11.7 Å². The standard InChI is InChI=1S/C38H42N2O6/c1-3-4-15-36(41)40(31-21-16-28(2)17-22-31)26-10-27-45-32-23-18-29(19-24-32)20-25-34(37(42)43)39-33-13-8-9-14-35(33)46-38(44)30-11-6-5-7-12-30/h5-9,11-14,16-19,21-24,34,39H,3-4,10,15,20,25-27H2,1-2H3,(H,42,43). The number of aryl methyl sites for hydroxylation is 2. The summed E-state index contributed by atoms with van der Waals surface area (Å²) in [6.45, 7) is 5.14. The molecule has 1 amide bonds. The maximum Gasteiger partial charge on any atom is 0.343 e. The zero-order chi connectivity index (χ0) is 32.7. The van der Waals surface area contributed by atoms with Crippen molar-refractivity contribution in [1.29, 1.82) is 0 Å². The Labute approximate surface area is 271 Å². The molecule has 4 aromatic rings. The number of unbranched alkanes of at least 4 members (excludes halogenated alkanes) is 1. The van der Waals surface area contributed by atoms with E-state index in [0.29, 0.717) is 55.8 Å². The highest BCUT2D eigenvalue weighted by Crippen LogP contribution is 2.27. The van der Waals surface area contributed by atoms with E-state index < -0.39 is 18.0 Å². The number of amides is 1. The number of para-hydroxylation sites is 2. The van der Waals surface area contributed by atoms with Gasteiger partial charge in [-0.15, -0.1) is 0 Å². The number of carboxylic acid groups (broad SMARTS) is 1. The first-order valence-electron chi connectivity index (χ1n) is 15.8. The van der Waals surface area contributed by atoms with Crippen LogP contribution in [0.1, 0.15) is 60.5 Å². The maximum absolute atomic E-state index is 12.9. The molecule has 0 aliphatic heterocycles. The topological polar surface area (TPSA) is 105 Å². The molecular weight excluding hydrogens is 580 g/mol. The van der Waals surface area contributed by atoms with Crippen molar-refractivity contribution in [3.63, 3.8) is 0 Å². The highest BCUT2D eigenvalue weighted by Gasteiger charge is 2.20. The molecule has 0 aliphatic rings. The van der Waals surface area contributed by atoms with E-state index >= 15 is 0 Å². The van der Waals surface area contributed by atoms with Crippen LogP contribution in [0.15, 0.2) is 103 Å². The first-order chi connectivity index (χ1) is 22.3. The Morgan fingerprint density at radius 2 is 1.54 bits per heavy atom. The van der Waals surface area contributed by atoms with Gasteiger partial charge in [-0.3, -0.25) is 4.79 Å². The van der Waals surface area contributed by atoms with Gasteiger partial charge >= 0.3 is 11.9 Å². The first kappa shape index (κ1) is 33.8. The van der Waals surface area contributed by atoms with Gasteiger partial charge in [-0.1, -0.05) is 73.5 Å². The van der Waals surface area contributed by atoms with E-state index in [1.165, 1.54) is 0 Å². The number of nitrogens with one attached hydrogen (secondary N) is 1. The van der Waals surface area contributed by atoms with Crippen LogP contribution in [0.3, 0.4) is 0 Å². The second-order valence-corrected chi connectivity index (χ2v) is 11.2. The molecule has 0 radical (unpaired) electrons. The predicted octanol–water partition coefficient (Wildman–Crippen LogP) is 7.70. The number of hydrogen-bond acceptors (Lipinski definition) is 6. The van der Waals surface area contributed by atoms with Gasteiger partial charge in [-0.2, -0.15) is 0 Å². The second kappa shape index (κ2) is 17.4. The summed E-state index contributed by atoms with van der Waals surface area (Å²) in [5.41, 5.74) is 3.86. The van der Waals surface area contributed by atoms with Crippen molar-refractivity contribution in [3.8, 4) is 11.5 Å². The molecular formula is C38H42N2O6. The molecule has 4 aromatic carbocycles. The molecule has 0 saturated carbocycles. The number of ether oxygens (including phenoxy) is 2. The van der Waals surface area contributed by atoms with E-state index in [4.69, 9.17) is 9.47 Å². The minimum absolute atomic E-state index is 0.126. The number of anilines is 2. The van der Waals surface area contributed by atoms with E-state index in [2.05, 4.69) is 12.2 Å². The average molecular weight is 623 g/mol. The van der Waals surface area contributed by atoms with E-state index in [0.717, 1.165) is 29.7 Å². The number of carboxylic acids is 1. The summed E-state index contributed by atoms with van der Waals surface area (Å²) in [7, 11) is 0. The summed E-state index contributed by atoms with van der Waals surface area (Å²) in [4.78, 5) is 39.4. The predicted molar refractivity (Wildman–Crippen MR) is 181 cm³/mol. The van der Waals surface area contributed by atoms with Crippen molar-refractivity contribution in [2.24, 2.45) is 0 Å². The number of esters is 1. The molecule has 1 atom stereocenters.